The Balaban J connectivity index is 2.45. The number of phenols is 1. The molecule has 88 valence electrons. The lowest BCUT2D eigenvalue weighted by Crippen LogP contribution is -2.33. The molecule has 2 rings (SSSR count). The topological polar surface area (TPSA) is 41.5 Å². The molecule has 0 aliphatic carbocycles. The maximum Gasteiger partial charge on any atom is 0.127 e. The van der Waals surface area contributed by atoms with Crippen LogP contribution in [0.5, 0.6) is 5.75 Å². The van der Waals surface area contributed by atoms with E-state index in [0.29, 0.717) is 29.8 Å². The first-order valence-electron chi connectivity index (χ1n) is 5.42. The second kappa shape index (κ2) is 4.39. The molecule has 1 aliphatic heterocycles. The van der Waals surface area contributed by atoms with Crippen molar-refractivity contribution < 1.29 is 14.2 Å². The van der Waals surface area contributed by atoms with Gasteiger partial charge in [0, 0.05) is 18.7 Å². The fraction of sp³-hybridized carbons (Fsp3) is 0.500. The van der Waals surface area contributed by atoms with Crippen LogP contribution in [0.15, 0.2) is 6.07 Å². The number of phenolic OH excluding ortho intramolecular Hbond substituents is 1. The zero-order valence-corrected chi connectivity index (χ0v) is 9.51. The molecule has 1 unspecified atom stereocenters. The highest BCUT2D eigenvalue weighted by molar-refractivity contribution is 5.46. The minimum atomic E-state index is -0.292. The summed E-state index contributed by atoms with van der Waals surface area (Å²) in [6.45, 7) is 5.35. The molecular weight excluding hydrogens is 209 g/mol. The summed E-state index contributed by atoms with van der Waals surface area (Å²) in [5.74, 6) is -0.146. The van der Waals surface area contributed by atoms with Crippen molar-refractivity contribution in [3.8, 4) is 5.75 Å². The Hall–Kier alpha value is -1.13. The van der Waals surface area contributed by atoms with Gasteiger partial charge in [0.25, 0.3) is 0 Å². The molecule has 1 aromatic rings. The number of morpholine rings is 1. The second-order valence-corrected chi connectivity index (χ2v) is 4.13. The van der Waals surface area contributed by atoms with Crippen LogP contribution in [0.25, 0.3) is 0 Å². The molecule has 2 N–H and O–H groups in total. The minimum absolute atomic E-state index is 0.146. The number of hydrogen-bond acceptors (Lipinski definition) is 3. The van der Waals surface area contributed by atoms with Gasteiger partial charge in [0.15, 0.2) is 0 Å². The summed E-state index contributed by atoms with van der Waals surface area (Å²) in [6.07, 6.45) is -0.261. The summed E-state index contributed by atoms with van der Waals surface area (Å²) in [6, 6.07) is 1.35. The van der Waals surface area contributed by atoms with E-state index >= 15 is 0 Å². The van der Waals surface area contributed by atoms with Gasteiger partial charge in [-0.25, -0.2) is 4.39 Å². The molecule has 1 aliphatic rings. The fourth-order valence-electron chi connectivity index (χ4n) is 2.03. The lowest BCUT2D eigenvalue weighted by molar-refractivity contribution is 0.0256. The van der Waals surface area contributed by atoms with Crippen molar-refractivity contribution in [2.24, 2.45) is 0 Å². The van der Waals surface area contributed by atoms with E-state index in [4.69, 9.17) is 4.74 Å². The van der Waals surface area contributed by atoms with Crippen molar-refractivity contribution in [3.63, 3.8) is 0 Å². The smallest absolute Gasteiger partial charge is 0.127 e. The van der Waals surface area contributed by atoms with Crippen LogP contribution in [0.2, 0.25) is 0 Å². The summed E-state index contributed by atoms with van der Waals surface area (Å²) >= 11 is 0. The molecule has 4 heteroatoms. The highest BCUT2D eigenvalue weighted by atomic mass is 19.1. The van der Waals surface area contributed by atoms with Crippen molar-refractivity contribution in [2.45, 2.75) is 20.0 Å². The predicted octanol–water partition coefficient (Wildman–Crippen LogP) is 1.81. The first-order valence-corrected chi connectivity index (χ1v) is 5.42. The molecule has 1 heterocycles. The molecule has 1 fully saturated rings. The molecule has 1 atom stereocenters. The Bertz CT molecular complexity index is 374. The van der Waals surface area contributed by atoms with E-state index in [1.807, 2.05) is 0 Å². The van der Waals surface area contributed by atoms with Crippen LogP contribution in [0.4, 0.5) is 4.39 Å². The second-order valence-electron chi connectivity index (χ2n) is 4.13. The normalized spacial score (nSPS) is 21.1. The summed E-state index contributed by atoms with van der Waals surface area (Å²) in [7, 11) is 0. The van der Waals surface area contributed by atoms with E-state index in [-0.39, 0.29) is 17.7 Å². The quantitative estimate of drug-likeness (QED) is 0.766. The fourth-order valence-corrected chi connectivity index (χ4v) is 2.03. The molecular formula is C12H16FNO2. The number of aromatic hydroxyl groups is 1. The first kappa shape index (κ1) is 11.4. The number of benzene rings is 1. The molecule has 3 nitrogen and oxygen atoms in total. The van der Waals surface area contributed by atoms with Crippen LogP contribution < -0.4 is 5.32 Å². The zero-order valence-electron chi connectivity index (χ0n) is 9.51. The lowest BCUT2D eigenvalue weighted by Gasteiger charge is -2.26. The number of aryl methyl sites for hydroxylation is 1. The Morgan fingerprint density at radius 3 is 2.88 bits per heavy atom. The Kier molecular flexibility index (Phi) is 3.12. The molecule has 0 saturated carbocycles. The molecule has 0 aromatic heterocycles. The maximum atomic E-state index is 13.6. The number of hydrogen-bond donors (Lipinski definition) is 2. The van der Waals surface area contributed by atoms with Gasteiger partial charge in [-0.05, 0) is 31.0 Å². The van der Waals surface area contributed by atoms with Crippen LogP contribution in [-0.4, -0.2) is 24.8 Å². The van der Waals surface area contributed by atoms with Crippen molar-refractivity contribution in [1.82, 2.24) is 5.32 Å². The van der Waals surface area contributed by atoms with E-state index in [0.717, 1.165) is 6.54 Å². The van der Waals surface area contributed by atoms with Gasteiger partial charge in [0.05, 0.1) is 12.7 Å². The van der Waals surface area contributed by atoms with Crippen molar-refractivity contribution in [3.05, 3.63) is 28.6 Å². The van der Waals surface area contributed by atoms with Gasteiger partial charge in [-0.15, -0.1) is 0 Å². The third kappa shape index (κ3) is 1.90. The van der Waals surface area contributed by atoms with Gasteiger partial charge in [-0.2, -0.15) is 0 Å². The Labute approximate surface area is 94.2 Å². The summed E-state index contributed by atoms with van der Waals surface area (Å²) in [5, 5.41) is 13.1. The van der Waals surface area contributed by atoms with Crippen LogP contribution in [0.3, 0.4) is 0 Å². The summed E-state index contributed by atoms with van der Waals surface area (Å²) in [5.41, 5.74) is 1.59. The molecule has 0 bridgehead atoms. The summed E-state index contributed by atoms with van der Waals surface area (Å²) in [4.78, 5) is 0. The largest absolute Gasteiger partial charge is 0.507 e. The zero-order chi connectivity index (χ0) is 11.7. The average Bonchev–Trinajstić information content (AvgIpc) is 2.28. The van der Waals surface area contributed by atoms with E-state index in [1.165, 1.54) is 6.07 Å². The number of ether oxygens (including phenoxy) is 1. The summed E-state index contributed by atoms with van der Waals surface area (Å²) < 4.78 is 19.1. The van der Waals surface area contributed by atoms with Gasteiger partial charge >= 0.3 is 0 Å². The van der Waals surface area contributed by atoms with Crippen molar-refractivity contribution in [1.29, 1.82) is 0 Å². The van der Waals surface area contributed by atoms with Crippen molar-refractivity contribution in [2.75, 3.05) is 19.7 Å². The van der Waals surface area contributed by atoms with Gasteiger partial charge in [-0.3, -0.25) is 0 Å². The third-order valence-corrected chi connectivity index (χ3v) is 2.98. The highest BCUT2D eigenvalue weighted by Gasteiger charge is 2.23. The van der Waals surface area contributed by atoms with E-state index < -0.39 is 0 Å². The third-order valence-electron chi connectivity index (χ3n) is 2.98. The molecule has 0 radical (unpaired) electrons. The van der Waals surface area contributed by atoms with Gasteiger partial charge in [0.1, 0.15) is 11.6 Å². The maximum absolute atomic E-state index is 13.6. The van der Waals surface area contributed by atoms with Crippen LogP contribution in [-0.2, 0) is 4.74 Å². The molecule has 0 amide bonds. The van der Waals surface area contributed by atoms with Gasteiger partial charge < -0.3 is 15.2 Å². The molecule has 1 saturated heterocycles. The van der Waals surface area contributed by atoms with Crippen LogP contribution in [0.1, 0.15) is 22.8 Å². The van der Waals surface area contributed by atoms with E-state index in [9.17, 15) is 9.50 Å². The van der Waals surface area contributed by atoms with E-state index in [1.54, 1.807) is 13.8 Å². The number of rotatable bonds is 1. The van der Waals surface area contributed by atoms with E-state index in [2.05, 4.69) is 5.32 Å². The predicted molar refractivity (Wildman–Crippen MR) is 59.1 cm³/mol. The van der Waals surface area contributed by atoms with Gasteiger partial charge in [0.2, 0.25) is 0 Å². The first-order chi connectivity index (χ1) is 7.61. The lowest BCUT2D eigenvalue weighted by atomic mass is 9.97. The van der Waals surface area contributed by atoms with Gasteiger partial charge in [-0.1, -0.05) is 0 Å². The number of halogens is 1. The molecule has 1 aromatic carbocycles. The standard InChI is InChI=1S/C12H16FNO2/c1-7-5-9(13)8(2)11(12(7)15)10-6-14-3-4-16-10/h5,10,14-15H,3-4,6H2,1-2H3. The van der Waals surface area contributed by atoms with Crippen LogP contribution in [0, 0.1) is 19.7 Å². The highest BCUT2D eigenvalue weighted by Crippen LogP contribution is 2.34. The average molecular weight is 225 g/mol. The van der Waals surface area contributed by atoms with Crippen LogP contribution >= 0.6 is 0 Å². The Morgan fingerprint density at radius 2 is 2.25 bits per heavy atom. The molecule has 16 heavy (non-hydrogen) atoms. The van der Waals surface area contributed by atoms with Crippen molar-refractivity contribution >= 4 is 0 Å². The molecule has 0 spiro atoms. The monoisotopic (exact) mass is 225 g/mol. The minimum Gasteiger partial charge on any atom is -0.507 e. The number of nitrogens with one attached hydrogen (secondary N) is 1. The Morgan fingerprint density at radius 1 is 1.50 bits per heavy atom. The SMILES string of the molecule is Cc1cc(F)c(C)c(C2CNCCO2)c1O.